The molecule has 0 saturated carbocycles. The number of hydrogen-bond acceptors (Lipinski definition) is 12. The highest BCUT2D eigenvalue weighted by Gasteiger charge is 2.61. The Morgan fingerprint density at radius 2 is 1.54 bits per heavy atom. The van der Waals surface area contributed by atoms with Gasteiger partial charge in [-0.25, -0.2) is 0 Å². The van der Waals surface area contributed by atoms with Gasteiger partial charge in [-0.3, -0.25) is 19.2 Å². The number of aliphatic hydroxyl groups is 1. The van der Waals surface area contributed by atoms with Crippen LogP contribution in [0.3, 0.4) is 0 Å². The Labute approximate surface area is 275 Å². The van der Waals surface area contributed by atoms with Gasteiger partial charge in [-0.1, -0.05) is 47.1 Å². The molecular formula is C33H39BrO12. The molecule has 0 bridgehead atoms. The molecule has 2 aliphatic rings. The molecule has 0 spiro atoms. The van der Waals surface area contributed by atoms with Crippen molar-refractivity contribution < 1.29 is 57.4 Å². The summed E-state index contributed by atoms with van der Waals surface area (Å²) in [6.45, 7) is 6.87. The highest BCUT2D eigenvalue weighted by Crippen LogP contribution is 2.46. The molecule has 6 atom stereocenters. The first-order valence-corrected chi connectivity index (χ1v) is 15.8. The summed E-state index contributed by atoms with van der Waals surface area (Å²) >= 11 is 3.64. The summed E-state index contributed by atoms with van der Waals surface area (Å²) in [7, 11) is 0. The van der Waals surface area contributed by atoms with E-state index in [2.05, 4.69) is 22.9 Å². The van der Waals surface area contributed by atoms with E-state index in [-0.39, 0.29) is 17.4 Å². The van der Waals surface area contributed by atoms with E-state index in [1.54, 1.807) is 12.1 Å². The maximum atomic E-state index is 12.6. The number of carbonyl (C=O) groups is 4. The van der Waals surface area contributed by atoms with E-state index < -0.39 is 60.7 Å². The Kier molecular flexibility index (Phi) is 11.8. The average Bonchev–Trinajstić information content (AvgIpc) is 3.49. The number of aryl methyl sites for hydroxylation is 1. The van der Waals surface area contributed by atoms with Crippen molar-refractivity contribution in [3.8, 4) is 5.75 Å². The maximum Gasteiger partial charge on any atom is 0.303 e. The summed E-state index contributed by atoms with van der Waals surface area (Å²) in [5.74, 6) is -5.51. The summed E-state index contributed by atoms with van der Waals surface area (Å²) in [4.78, 5) is 48.9. The molecular weight excluding hydrogens is 668 g/mol. The van der Waals surface area contributed by atoms with Gasteiger partial charge in [-0.2, -0.15) is 0 Å². The number of ether oxygens (including phenoxy) is 7. The van der Waals surface area contributed by atoms with Crippen LogP contribution in [0.4, 0.5) is 0 Å². The van der Waals surface area contributed by atoms with E-state index in [9.17, 15) is 24.3 Å². The van der Waals surface area contributed by atoms with Crippen molar-refractivity contribution in [3.05, 3.63) is 63.1 Å². The van der Waals surface area contributed by atoms with Crippen LogP contribution in [0.2, 0.25) is 0 Å². The lowest BCUT2D eigenvalue weighted by Crippen LogP contribution is -2.66. The van der Waals surface area contributed by atoms with E-state index in [1.165, 1.54) is 12.5 Å². The molecule has 46 heavy (non-hydrogen) atoms. The van der Waals surface area contributed by atoms with Gasteiger partial charge in [0, 0.05) is 38.6 Å². The Hall–Kier alpha value is -3.52. The molecule has 12 nitrogen and oxygen atoms in total. The van der Waals surface area contributed by atoms with Crippen LogP contribution < -0.4 is 4.74 Å². The Bertz CT molecular complexity index is 1420. The molecule has 2 aromatic rings. The zero-order chi connectivity index (χ0) is 33.6. The fourth-order valence-corrected chi connectivity index (χ4v) is 5.97. The first-order chi connectivity index (χ1) is 21.8. The number of hydrogen-bond donors (Lipinski definition) is 1. The van der Waals surface area contributed by atoms with E-state index in [0.29, 0.717) is 30.5 Å². The predicted octanol–water partition coefficient (Wildman–Crippen LogP) is 3.67. The molecule has 0 amide bonds. The third-order valence-corrected chi connectivity index (χ3v) is 8.33. The van der Waals surface area contributed by atoms with Gasteiger partial charge in [0.15, 0.2) is 12.2 Å². The molecule has 1 N–H and O–H groups in total. The van der Waals surface area contributed by atoms with Gasteiger partial charge in [0.2, 0.25) is 11.9 Å². The summed E-state index contributed by atoms with van der Waals surface area (Å²) in [6, 6.07) is 11.4. The van der Waals surface area contributed by atoms with Gasteiger partial charge < -0.3 is 38.3 Å². The molecule has 2 fully saturated rings. The monoisotopic (exact) mass is 706 g/mol. The van der Waals surface area contributed by atoms with Crippen LogP contribution in [0.15, 0.2) is 40.9 Å². The van der Waals surface area contributed by atoms with E-state index in [4.69, 9.17) is 33.2 Å². The average molecular weight is 708 g/mol. The smallest absolute Gasteiger partial charge is 0.303 e. The summed E-state index contributed by atoms with van der Waals surface area (Å²) in [5.41, 5.74) is 2.92. The predicted molar refractivity (Wildman–Crippen MR) is 165 cm³/mol. The van der Waals surface area contributed by atoms with Crippen molar-refractivity contribution in [2.75, 3.05) is 19.8 Å². The molecule has 13 heteroatoms. The van der Waals surface area contributed by atoms with Crippen molar-refractivity contribution in [2.45, 2.75) is 90.2 Å². The molecule has 0 unspecified atom stereocenters. The van der Waals surface area contributed by atoms with Crippen molar-refractivity contribution in [1.29, 1.82) is 0 Å². The van der Waals surface area contributed by atoms with Crippen molar-refractivity contribution in [3.63, 3.8) is 0 Å². The van der Waals surface area contributed by atoms with E-state index in [1.807, 2.05) is 24.3 Å². The van der Waals surface area contributed by atoms with Crippen LogP contribution in [-0.4, -0.2) is 79.3 Å². The third-order valence-electron chi connectivity index (χ3n) is 7.60. The Balaban J connectivity index is 1.91. The zero-order valence-corrected chi connectivity index (χ0v) is 28.0. The fourth-order valence-electron chi connectivity index (χ4n) is 5.51. The SMILES string of the molecule is CCc1ccc(Cc2cc([C@]3(O)O[C@H](COC(C)=O)[C@@H](OC(C)=O)[C@H](OC(C)=O)[C@H]3OC(C)=O)c(O[C@@H]3CCOC3)cc2Br)cc1. The van der Waals surface area contributed by atoms with E-state index >= 15 is 0 Å². The minimum atomic E-state index is -2.57. The molecule has 2 aromatic carbocycles. The van der Waals surface area contributed by atoms with Gasteiger partial charge in [0.05, 0.1) is 18.8 Å². The van der Waals surface area contributed by atoms with Crippen LogP contribution in [0, 0.1) is 0 Å². The van der Waals surface area contributed by atoms with Crippen molar-refractivity contribution in [1.82, 2.24) is 0 Å². The molecule has 0 radical (unpaired) electrons. The molecule has 0 aromatic heterocycles. The lowest BCUT2D eigenvalue weighted by Gasteiger charge is -2.49. The van der Waals surface area contributed by atoms with Crippen molar-refractivity contribution >= 4 is 39.8 Å². The summed E-state index contributed by atoms with van der Waals surface area (Å²) in [5, 5.41) is 12.6. The number of benzene rings is 2. The second-order valence-corrected chi connectivity index (χ2v) is 12.1. The lowest BCUT2D eigenvalue weighted by atomic mass is 9.86. The van der Waals surface area contributed by atoms with Crippen LogP contribution >= 0.6 is 15.9 Å². The van der Waals surface area contributed by atoms with Gasteiger partial charge >= 0.3 is 23.9 Å². The van der Waals surface area contributed by atoms with Gasteiger partial charge in [-0.15, -0.1) is 0 Å². The molecule has 2 heterocycles. The van der Waals surface area contributed by atoms with Gasteiger partial charge in [0.1, 0.15) is 24.6 Å². The zero-order valence-electron chi connectivity index (χ0n) is 26.4. The van der Waals surface area contributed by atoms with E-state index in [0.717, 1.165) is 38.3 Å². The number of esters is 4. The first-order valence-electron chi connectivity index (χ1n) is 15.0. The Morgan fingerprint density at radius 3 is 2.11 bits per heavy atom. The van der Waals surface area contributed by atoms with Crippen LogP contribution in [0.25, 0.3) is 0 Å². The summed E-state index contributed by atoms with van der Waals surface area (Å²) in [6.07, 6.45) is -4.62. The van der Waals surface area contributed by atoms with Crippen LogP contribution in [0.1, 0.15) is 63.3 Å². The summed E-state index contributed by atoms with van der Waals surface area (Å²) < 4.78 is 40.6. The first kappa shape index (κ1) is 35.3. The standard InChI is InChI=1S/C33H39BrO12/c1-6-22-7-9-23(10-8-22)13-24-14-26(28(15-27(24)34)45-25-11-12-40-16-25)33(39)32(44-21(5)38)31(43-20(4)37)30(42-19(3)36)29(46-33)17-41-18(2)35/h7-10,14-15,25,29-32,39H,6,11-13,16-17H2,1-5H3/t25-,29-,30-,31+,32-,33+/m1/s1. The Morgan fingerprint density at radius 1 is 0.913 bits per heavy atom. The number of halogens is 1. The topological polar surface area (TPSA) is 153 Å². The quantitative estimate of drug-likeness (QED) is 0.268. The van der Waals surface area contributed by atoms with Crippen LogP contribution in [-0.2, 0) is 66.2 Å². The number of rotatable bonds is 11. The third kappa shape index (κ3) is 8.64. The normalized spacial score (nSPS) is 25.8. The highest BCUT2D eigenvalue weighted by atomic mass is 79.9. The van der Waals surface area contributed by atoms with Gasteiger partial charge in [0.25, 0.3) is 0 Å². The highest BCUT2D eigenvalue weighted by molar-refractivity contribution is 9.10. The maximum absolute atomic E-state index is 12.6. The fraction of sp³-hybridized carbons (Fsp3) is 0.515. The molecule has 4 rings (SSSR count). The lowest BCUT2D eigenvalue weighted by molar-refractivity contribution is -0.360. The molecule has 2 aliphatic heterocycles. The second-order valence-electron chi connectivity index (χ2n) is 11.2. The minimum absolute atomic E-state index is 0.0419. The number of carbonyl (C=O) groups excluding carboxylic acids is 4. The van der Waals surface area contributed by atoms with Gasteiger partial charge in [-0.05, 0) is 41.7 Å². The molecule has 0 aliphatic carbocycles. The largest absolute Gasteiger partial charge is 0.487 e. The minimum Gasteiger partial charge on any atom is -0.487 e. The van der Waals surface area contributed by atoms with Crippen molar-refractivity contribution in [2.24, 2.45) is 0 Å². The van der Waals surface area contributed by atoms with Crippen LogP contribution in [0.5, 0.6) is 5.75 Å². The molecule has 2 saturated heterocycles. The second kappa shape index (κ2) is 15.4. The molecule has 250 valence electrons.